The van der Waals surface area contributed by atoms with Crippen LogP contribution in [0.25, 0.3) is 23.3 Å². The number of allylic oxidation sites excluding steroid dienone is 2. The van der Waals surface area contributed by atoms with Gasteiger partial charge in [0.15, 0.2) is 0 Å². The smallest absolute Gasteiger partial charge is 0.744 e. The zero-order chi connectivity index (χ0) is 43.9. The summed E-state index contributed by atoms with van der Waals surface area (Å²) in [5, 5.41) is 11.2. The van der Waals surface area contributed by atoms with Crippen molar-refractivity contribution in [2.24, 2.45) is 10.2 Å². The Kier molecular flexibility index (Phi) is 17.3. The van der Waals surface area contributed by atoms with Gasteiger partial charge in [-0.05, 0) is 101 Å². The van der Waals surface area contributed by atoms with E-state index in [1.54, 1.807) is 36.4 Å². The molecule has 3 N–H and O–H groups in total. The number of para-hydroxylation sites is 1. The first kappa shape index (κ1) is 52.6. The van der Waals surface area contributed by atoms with Gasteiger partial charge in [-0.3, -0.25) is 20.4 Å². The average Bonchev–Trinajstić information content (AvgIpc) is 3.21. The monoisotopic (exact) mass is 951 g/mol. The van der Waals surface area contributed by atoms with E-state index >= 15 is 0 Å². The standard InChI is InChI=1S/C40H31N5O13S3.3Na/c1-57-33-18-22(8-14-31(33)42-44-37-29-13-11-28(59(48,49)50)17-25(29)21-36(40(37)47)61(54,55)56)23-9-15-32(34(19-23)58-2)43-45-38-35(60(51,52)53)20-24-16-27(10-12-30(24)39(38)46)41-26-6-4-3-5-7-26;;;/h3-21,41-43H,1-2H3,(H,48,49,50)(H,51,52,53)(H,54,55,56);;;/q;3*+1/p-3/b44-37-,45-38-;;;. The van der Waals surface area contributed by atoms with Crippen molar-refractivity contribution in [1.82, 2.24) is 0 Å². The minimum Gasteiger partial charge on any atom is -0.744 e. The van der Waals surface area contributed by atoms with Gasteiger partial charge < -0.3 is 28.4 Å². The molecule has 0 amide bonds. The van der Waals surface area contributed by atoms with E-state index < -0.39 is 68.0 Å². The number of carbonyl (C=O) groups is 2. The van der Waals surface area contributed by atoms with Crippen LogP contribution < -0.4 is 114 Å². The van der Waals surface area contributed by atoms with Crippen LogP contribution in [0.2, 0.25) is 0 Å². The van der Waals surface area contributed by atoms with E-state index in [0.717, 1.165) is 30.0 Å². The number of nitrogens with one attached hydrogen (secondary N) is 3. The first-order valence-corrected chi connectivity index (χ1v) is 21.6. The van der Waals surface area contributed by atoms with Crippen molar-refractivity contribution in [2.75, 3.05) is 30.4 Å². The van der Waals surface area contributed by atoms with E-state index in [4.69, 9.17) is 9.47 Å². The van der Waals surface area contributed by atoms with Gasteiger partial charge in [-0.1, -0.05) is 36.4 Å². The number of methoxy groups -OCH3 is 2. The van der Waals surface area contributed by atoms with E-state index in [9.17, 15) is 48.5 Å². The minimum atomic E-state index is -5.36. The van der Waals surface area contributed by atoms with Crippen molar-refractivity contribution in [1.29, 1.82) is 0 Å². The van der Waals surface area contributed by atoms with Gasteiger partial charge in [-0.25, -0.2) is 25.3 Å². The maximum Gasteiger partial charge on any atom is 1.00 e. The zero-order valence-electron chi connectivity index (χ0n) is 34.4. The molecule has 0 unspecified atom stereocenters. The fourth-order valence-electron chi connectivity index (χ4n) is 6.33. The second-order valence-corrected chi connectivity index (χ2v) is 17.1. The SMILES string of the molecule is COc1cc(-c2ccc(N/N=C3\C(=O)c4ccc(Nc5ccccc5)cc4C=C3S(=O)(=O)[O-])c(OC)c2)ccc1N/N=C1\C(=O)C(S(=O)(=O)[O-])=Cc2cc(S(=O)(=O)[O-])ccc21.[Na+].[Na+].[Na+]. The number of benzene rings is 5. The molecule has 5 aromatic rings. The van der Waals surface area contributed by atoms with Gasteiger partial charge in [0.2, 0.25) is 11.6 Å². The van der Waals surface area contributed by atoms with Crippen LogP contribution in [0.3, 0.4) is 0 Å². The van der Waals surface area contributed by atoms with E-state index in [1.165, 1.54) is 32.4 Å². The van der Waals surface area contributed by atoms with Crippen LogP contribution in [-0.4, -0.2) is 76.1 Å². The number of nitrogens with zero attached hydrogens (tertiary/aromatic N) is 2. The number of fused-ring (bicyclic) bond motifs is 2. The summed E-state index contributed by atoms with van der Waals surface area (Å²) in [5.74, 6) is -1.74. The first-order chi connectivity index (χ1) is 28.8. The molecule has 5 aromatic carbocycles. The molecule has 24 heteroatoms. The third kappa shape index (κ3) is 11.5. The van der Waals surface area contributed by atoms with Gasteiger partial charge in [-0.15, -0.1) is 0 Å². The van der Waals surface area contributed by atoms with Gasteiger partial charge in [-0.2, -0.15) is 10.2 Å². The second kappa shape index (κ2) is 21.1. The summed E-state index contributed by atoms with van der Waals surface area (Å²) in [6.07, 6.45) is 1.76. The van der Waals surface area contributed by atoms with E-state index in [1.807, 2.05) is 30.3 Å². The molecule has 0 heterocycles. The van der Waals surface area contributed by atoms with Crippen LogP contribution in [0.15, 0.2) is 128 Å². The normalized spacial score (nSPS) is 14.6. The van der Waals surface area contributed by atoms with Gasteiger partial charge >= 0.3 is 88.7 Å². The number of rotatable bonds is 12. The molecule has 312 valence electrons. The molecular formula is C40H28N5Na3O13S3. The molecule has 0 atom stereocenters. The van der Waals surface area contributed by atoms with Gasteiger partial charge in [0.05, 0.1) is 35.4 Å². The molecule has 7 rings (SSSR count). The summed E-state index contributed by atoms with van der Waals surface area (Å²) in [7, 11) is -12.8. The van der Waals surface area contributed by atoms with Crippen LogP contribution in [0.5, 0.6) is 11.5 Å². The number of carbonyl (C=O) groups excluding carboxylic acids is 2. The Balaban J connectivity index is 0.00000299. The van der Waals surface area contributed by atoms with Gasteiger partial charge in [0.1, 0.15) is 58.2 Å². The van der Waals surface area contributed by atoms with Crippen molar-refractivity contribution in [3.8, 4) is 22.6 Å². The van der Waals surface area contributed by atoms with Crippen molar-refractivity contribution in [3.63, 3.8) is 0 Å². The maximum absolute atomic E-state index is 13.6. The Morgan fingerprint density at radius 1 is 0.516 bits per heavy atom. The van der Waals surface area contributed by atoms with Crippen LogP contribution in [0.4, 0.5) is 22.7 Å². The van der Waals surface area contributed by atoms with Crippen LogP contribution in [-0.2, 0) is 35.1 Å². The third-order valence-electron chi connectivity index (χ3n) is 9.24. The summed E-state index contributed by atoms with van der Waals surface area (Å²) < 4.78 is 119. The fourth-order valence-corrected chi connectivity index (χ4v) is 8.08. The summed E-state index contributed by atoms with van der Waals surface area (Å²) in [4.78, 5) is 23.9. The molecule has 64 heavy (non-hydrogen) atoms. The van der Waals surface area contributed by atoms with Crippen molar-refractivity contribution in [3.05, 3.63) is 135 Å². The summed E-state index contributed by atoms with van der Waals surface area (Å²) in [6, 6.07) is 26.0. The van der Waals surface area contributed by atoms with Crippen molar-refractivity contribution < 1.29 is 147 Å². The molecule has 0 aromatic heterocycles. The van der Waals surface area contributed by atoms with E-state index in [-0.39, 0.29) is 134 Å². The van der Waals surface area contributed by atoms with Gasteiger partial charge in [0, 0.05) is 22.5 Å². The summed E-state index contributed by atoms with van der Waals surface area (Å²) >= 11 is 0. The van der Waals surface area contributed by atoms with Crippen LogP contribution >= 0.6 is 0 Å². The molecule has 0 saturated heterocycles. The fraction of sp³-hybridized carbons (Fsp3) is 0.0500. The minimum absolute atomic E-state index is 0. The topological polar surface area (TPSA) is 285 Å². The maximum atomic E-state index is 13.6. The molecule has 0 fully saturated rings. The quantitative estimate of drug-likeness (QED) is 0.0608. The number of hydrogen-bond acceptors (Lipinski definition) is 18. The molecule has 0 spiro atoms. The Bertz CT molecular complexity index is 3160. The molecule has 0 radical (unpaired) electrons. The Labute approximate surface area is 433 Å². The number of anilines is 4. The molecule has 18 nitrogen and oxygen atoms in total. The van der Waals surface area contributed by atoms with E-state index in [2.05, 4.69) is 26.4 Å². The molecular weight excluding hydrogens is 924 g/mol. The molecule has 0 saturated carbocycles. The largest absolute Gasteiger partial charge is 1.00 e. The van der Waals surface area contributed by atoms with Crippen molar-refractivity contribution in [2.45, 2.75) is 4.90 Å². The number of ether oxygens (including phenoxy) is 2. The number of ketones is 2. The summed E-state index contributed by atoms with van der Waals surface area (Å²) in [5.41, 5.74) is 6.81. The number of Topliss-reactive ketones (excluding diaryl/α,β-unsaturated/α-hetero) is 2. The molecule has 2 aliphatic carbocycles. The summed E-state index contributed by atoms with van der Waals surface area (Å²) in [6.45, 7) is 0. The van der Waals surface area contributed by atoms with Crippen LogP contribution in [0, 0.1) is 0 Å². The average molecular weight is 952 g/mol. The predicted molar refractivity (Wildman–Crippen MR) is 221 cm³/mol. The number of hydrazone groups is 2. The number of hydrogen-bond donors (Lipinski definition) is 3. The Morgan fingerprint density at radius 2 is 1.03 bits per heavy atom. The van der Waals surface area contributed by atoms with E-state index in [0.29, 0.717) is 22.9 Å². The Hall–Kier alpha value is -4.01. The van der Waals surface area contributed by atoms with Crippen molar-refractivity contribution >= 4 is 88.2 Å². The third-order valence-corrected chi connectivity index (χ3v) is 11.8. The Morgan fingerprint density at radius 3 is 1.56 bits per heavy atom. The van der Waals surface area contributed by atoms with Gasteiger partial charge in [0.25, 0.3) is 0 Å². The van der Waals surface area contributed by atoms with Crippen LogP contribution in [0.1, 0.15) is 27.0 Å². The predicted octanol–water partition coefficient (Wildman–Crippen LogP) is -4.13. The first-order valence-electron chi connectivity index (χ1n) is 17.4. The zero-order valence-corrected chi connectivity index (χ0v) is 42.8. The molecule has 2 aliphatic rings. The molecule has 0 bridgehead atoms. The second-order valence-electron chi connectivity index (χ2n) is 13.1. The molecule has 0 aliphatic heterocycles.